The summed E-state index contributed by atoms with van der Waals surface area (Å²) in [6.45, 7) is 5.39. The van der Waals surface area contributed by atoms with Crippen molar-refractivity contribution in [1.29, 1.82) is 0 Å². The highest BCUT2D eigenvalue weighted by Crippen LogP contribution is 2.21. The molecule has 0 aliphatic heterocycles. The van der Waals surface area contributed by atoms with Gasteiger partial charge in [-0.1, -0.05) is 60.8 Å². The predicted octanol–water partition coefficient (Wildman–Crippen LogP) is 3.96. The normalized spacial score (nSPS) is 11.7. The molecule has 0 aliphatic carbocycles. The third-order valence-corrected chi connectivity index (χ3v) is 5.19. The number of esters is 1. The fourth-order valence-corrected chi connectivity index (χ4v) is 3.27. The third-order valence-electron chi connectivity index (χ3n) is 4.60. The lowest BCUT2D eigenvalue weighted by atomic mass is 10.0. The Morgan fingerprint density at radius 1 is 1.03 bits per heavy atom. The van der Waals surface area contributed by atoms with Crippen LogP contribution in [0.3, 0.4) is 0 Å². The van der Waals surface area contributed by atoms with Crippen LogP contribution in [0.1, 0.15) is 35.3 Å². The molecule has 166 valence electrons. The van der Waals surface area contributed by atoms with Crippen molar-refractivity contribution >= 4 is 41.0 Å². The van der Waals surface area contributed by atoms with Crippen LogP contribution in [0.5, 0.6) is 0 Å². The fraction of sp³-hybridized carbons (Fsp3) is 0.348. The number of nitrogens with one attached hydrogen (secondary N) is 2. The molecule has 1 unspecified atom stereocenters. The summed E-state index contributed by atoms with van der Waals surface area (Å²) in [5, 5.41) is 6.42. The second kappa shape index (κ2) is 11.7. The van der Waals surface area contributed by atoms with Gasteiger partial charge in [-0.15, -0.1) is 0 Å². The van der Waals surface area contributed by atoms with Gasteiger partial charge in [0.25, 0.3) is 11.8 Å². The van der Waals surface area contributed by atoms with Gasteiger partial charge < -0.3 is 15.4 Å². The first-order valence-electron chi connectivity index (χ1n) is 9.92. The van der Waals surface area contributed by atoms with Gasteiger partial charge >= 0.3 is 5.97 Å². The van der Waals surface area contributed by atoms with Crippen LogP contribution in [0, 0.1) is 12.8 Å². The molecule has 0 heterocycles. The average molecular weight is 465 g/mol. The summed E-state index contributed by atoms with van der Waals surface area (Å²) >= 11 is 12.0. The molecular weight excluding hydrogens is 439 g/mol. The van der Waals surface area contributed by atoms with Crippen LogP contribution in [0.4, 0.5) is 0 Å². The standard InChI is InChI=1S/C23H26Cl2N2O4/c1-14(2)21(27-22(29)17-6-4-15(3)5-7-17)23(30)31-13-20(28)26-11-10-16-8-9-18(24)12-19(16)25/h4-9,12,14,21H,10-11,13H2,1-3H3,(H,26,28)(H,27,29). The van der Waals surface area contributed by atoms with Crippen molar-refractivity contribution in [2.45, 2.75) is 33.2 Å². The molecule has 8 heteroatoms. The smallest absolute Gasteiger partial charge is 0.329 e. The number of carbonyl (C=O) groups excluding carboxylic acids is 3. The molecule has 1 atom stereocenters. The molecule has 0 saturated carbocycles. The van der Waals surface area contributed by atoms with Crippen LogP contribution in [0.15, 0.2) is 42.5 Å². The molecule has 0 aliphatic rings. The van der Waals surface area contributed by atoms with Gasteiger partial charge in [0.1, 0.15) is 6.04 Å². The Hall–Kier alpha value is -2.57. The van der Waals surface area contributed by atoms with Gasteiger partial charge in [0.15, 0.2) is 6.61 Å². The lowest BCUT2D eigenvalue weighted by Gasteiger charge is -2.21. The van der Waals surface area contributed by atoms with Crippen molar-refractivity contribution in [3.8, 4) is 0 Å². The van der Waals surface area contributed by atoms with Crippen LogP contribution in [0.2, 0.25) is 10.0 Å². The first-order chi connectivity index (χ1) is 14.7. The first kappa shape index (κ1) is 24.7. The zero-order valence-corrected chi connectivity index (χ0v) is 19.2. The summed E-state index contributed by atoms with van der Waals surface area (Å²) in [5.74, 6) is -1.69. The molecule has 31 heavy (non-hydrogen) atoms. The fourth-order valence-electron chi connectivity index (χ4n) is 2.77. The number of halogens is 2. The van der Waals surface area contributed by atoms with Crippen LogP contribution >= 0.6 is 23.2 Å². The third kappa shape index (κ3) is 7.89. The maximum Gasteiger partial charge on any atom is 0.329 e. The maximum absolute atomic E-state index is 12.4. The molecule has 2 aromatic carbocycles. The summed E-state index contributed by atoms with van der Waals surface area (Å²) in [4.78, 5) is 36.9. The number of carbonyl (C=O) groups is 3. The highest BCUT2D eigenvalue weighted by atomic mass is 35.5. The zero-order chi connectivity index (χ0) is 23.0. The van der Waals surface area contributed by atoms with E-state index in [1.165, 1.54) is 0 Å². The van der Waals surface area contributed by atoms with E-state index in [0.29, 0.717) is 28.6 Å². The molecule has 0 aromatic heterocycles. The molecule has 2 amide bonds. The van der Waals surface area contributed by atoms with Crippen molar-refractivity contribution in [2.24, 2.45) is 5.92 Å². The van der Waals surface area contributed by atoms with Gasteiger partial charge in [-0.3, -0.25) is 9.59 Å². The second-order valence-corrected chi connectivity index (χ2v) is 8.35. The predicted molar refractivity (Wildman–Crippen MR) is 121 cm³/mol. The molecule has 2 aromatic rings. The molecule has 0 spiro atoms. The summed E-state index contributed by atoms with van der Waals surface area (Å²) in [6.07, 6.45) is 0.511. The molecular formula is C23H26Cl2N2O4. The Morgan fingerprint density at radius 3 is 2.32 bits per heavy atom. The van der Waals surface area contributed by atoms with E-state index in [9.17, 15) is 14.4 Å². The zero-order valence-electron chi connectivity index (χ0n) is 17.7. The van der Waals surface area contributed by atoms with E-state index in [-0.39, 0.29) is 11.8 Å². The summed E-state index contributed by atoms with van der Waals surface area (Å²) in [5.41, 5.74) is 2.32. The van der Waals surface area contributed by atoms with Crippen molar-refractivity contribution in [1.82, 2.24) is 10.6 Å². The minimum absolute atomic E-state index is 0.211. The van der Waals surface area contributed by atoms with Crippen LogP contribution in [-0.2, 0) is 20.7 Å². The van der Waals surface area contributed by atoms with E-state index >= 15 is 0 Å². The molecule has 0 saturated heterocycles. The van der Waals surface area contributed by atoms with Crippen LogP contribution < -0.4 is 10.6 Å². The quantitative estimate of drug-likeness (QED) is 0.550. The first-order valence-corrected chi connectivity index (χ1v) is 10.7. The van der Waals surface area contributed by atoms with Crippen molar-refractivity contribution in [2.75, 3.05) is 13.2 Å². The summed E-state index contributed by atoms with van der Waals surface area (Å²) < 4.78 is 5.12. The number of ether oxygens (including phenoxy) is 1. The topological polar surface area (TPSA) is 84.5 Å². The largest absolute Gasteiger partial charge is 0.454 e. The van der Waals surface area contributed by atoms with E-state index in [0.717, 1.165) is 11.1 Å². The van der Waals surface area contributed by atoms with Gasteiger partial charge in [-0.25, -0.2) is 4.79 Å². The average Bonchev–Trinajstić information content (AvgIpc) is 2.72. The molecule has 0 bridgehead atoms. The Labute approximate surface area is 192 Å². The highest BCUT2D eigenvalue weighted by Gasteiger charge is 2.26. The van der Waals surface area contributed by atoms with E-state index in [4.69, 9.17) is 27.9 Å². The van der Waals surface area contributed by atoms with Crippen molar-refractivity contribution in [3.63, 3.8) is 0 Å². The van der Waals surface area contributed by atoms with Crippen LogP contribution in [0.25, 0.3) is 0 Å². The van der Waals surface area contributed by atoms with Gasteiger partial charge in [-0.2, -0.15) is 0 Å². The minimum Gasteiger partial charge on any atom is -0.454 e. The number of amides is 2. The van der Waals surface area contributed by atoms with Gasteiger partial charge in [0.05, 0.1) is 0 Å². The summed E-state index contributed by atoms with van der Waals surface area (Å²) in [7, 11) is 0. The lowest BCUT2D eigenvalue weighted by molar-refractivity contribution is -0.151. The van der Waals surface area contributed by atoms with Crippen LogP contribution in [-0.4, -0.2) is 37.0 Å². The van der Waals surface area contributed by atoms with Gasteiger partial charge in [0, 0.05) is 22.2 Å². The minimum atomic E-state index is -0.866. The number of aryl methyl sites for hydroxylation is 1. The van der Waals surface area contributed by atoms with E-state index in [1.807, 2.05) is 19.1 Å². The number of hydrogen-bond acceptors (Lipinski definition) is 4. The van der Waals surface area contributed by atoms with E-state index < -0.39 is 24.5 Å². The number of benzene rings is 2. The molecule has 2 rings (SSSR count). The van der Waals surface area contributed by atoms with E-state index in [1.54, 1.807) is 44.2 Å². The summed E-state index contributed by atoms with van der Waals surface area (Å²) in [6, 6.07) is 11.3. The van der Waals surface area contributed by atoms with Crippen molar-refractivity contribution < 1.29 is 19.1 Å². The van der Waals surface area contributed by atoms with Gasteiger partial charge in [0.2, 0.25) is 0 Å². The van der Waals surface area contributed by atoms with Crippen molar-refractivity contribution in [3.05, 3.63) is 69.2 Å². The number of hydrogen-bond donors (Lipinski definition) is 2. The number of rotatable bonds is 9. The Bertz CT molecular complexity index is 930. The Balaban J connectivity index is 1.81. The Kier molecular flexibility index (Phi) is 9.34. The molecule has 0 fully saturated rings. The van der Waals surface area contributed by atoms with Gasteiger partial charge in [-0.05, 0) is 49.1 Å². The molecule has 0 radical (unpaired) electrons. The second-order valence-electron chi connectivity index (χ2n) is 7.50. The monoisotopic (exact) mass is 464 g/mol. The highest BCUT2D eigenvalue weighted by molar-refractivity contribution is 6.35. The maximum atomic E-state index is 12.4. The SMILES string of the molecule is Cc1ccc(C(=O)NC(C(=O)OCC(=O)NCCc2ccc(Cl)cc2Cl)C(C)C)cc1. The lowest BCUT2D eigenvalue weighted by Crippen LogP contribution is -2.46. The Morgan fingerprint density at radius 2 is 1.71 bits per heavy atom. The van der Waals surface area contributed by atoms with E-state index in [2.05, 4.69) is 10.6 Å². The molecule has 2 N–H and O–H groups in total. The molecule has 6 nitrogen and oxygen atoms in total.